The minimum absolute atomic E-state index is 0.0272. The van der Waals surface area contributed by atoms with Gasteiger partial charge in [0.05, 0.1) is 5.56 Å². The molecule has 3 rings (SSSR count). The molecule has 0 spiro atoms. The second kappa shape index (κ2) is 8.38. The maximum absolute atomic E-state index is 12.0. The van der Waals surface area contributed by atoms with E-state index in [2.05, 4.69) is 5.32 Å². The lowest BCUT2D eigenvalue weighted by molar-refractivity contribution is -0.132. The van der Waals surface area contributed by atoms with Crippen molar-refractivity contribution in [2.75, 3.05) is 25.0 Å². The Hall–Kier alpha value is -3.02. The molecule has 0 bridgehead atoms. The molecule has 2 aromatic rings. The van der Waals surface area contributed by atoms with Crippen LogP contribution in [-0.4, -0.2) is 41.6 Å². The predicted octanol–water partition coefficient (Wildman–Crippen LogP) is 3.00. The standard InChI is InChI=1S/C20H22N2O4/c23-19(22-10-1-2-11-22)14-26-18-5-3-4-17(12-18)21-13-15-6-8-16(9-7-15)20(24)25/h3-9,12,21H,1-2,10-11,13-14H2,(H,24,25). The van der Waals surface area contributed by atoms with E-state index in [9.17, 15) is 9.59 Å². The molecule has 1 aliphatic heterocycles. The van der Waals surface area contributed by atoms with Crippen LogP contribution in [0.25, 0.3) is 0 Å². The molecular weight excluding hydrogens is 332 g/mol. The van der Waals surface area contributed by atoms with Gasteiger partial charge in [0.25, 0.3) is 5.91 Å². The summed E-state index contributed by atoms with van der Waals surface area (Å²) in [7, 11) is 0. The molecule has 2 aromatic carbocycles. The Morgan fingerprint density at radius 1 is 1.08 bits per heavy atom. The van der Waals surface area contributed by atoms with Crippen LogP contribution in [0, 0.1) is 0 Å². The number of amides is 1. The van der Waals surface area contributed by atoms with Crippen molar-refractivity contribution in [1.82, 2.24) is 4.90 Å². The number of nitrogens with one attached hydrogen (secondary N) is 1. The number of carbonyl (C=O) groups excluding carboxylic acids is 1. The van der Waals surface area contributed by atoms with Crippen LogP contribution < -0.4 is 10.1 Å². The zero-order chi connectivity index (χ0) is 18.4. The summed E-state index contributed by atoms with van der Waals surface area (Å²) in [6.07, 6.45) is 2.14. The Kier molecular flexibility index (Phi) is 5.73. The Bertz CT molecular complexity index is 768. The predicted molar refractivity (Wildman–Crippen MR) is 98.5 cm³/mol. The molecule has 0 radical (unpaired) electrons. The molecule has 1 saturated heterocycles. The number of likely N-dealkylation sites (tertiary alicyclic amines) is 1. The summed E-state index contributed by atoms with van der Waals surface area (Å²) in [5, 5.41) is 12.2. The second-order valence-electron chi connectivity index (χ2n) is 6.26. The molecule has 6 nitrogen and oxygen atoms in total. The van der Waals surface area contributed by atoms with Crippen LogP contribution in [-0.2, 0) is 11.3 Å². The number of ether oxygens (including phenoxy) is 1. The van der Waals surface area contributed by atoms with Gasteiger partial charge in [0, 0.05) is 31.4 Å². The number of carboxylic acids is 1. The highest BCUT2D eigenvalue weighted by Gasteiger charge is 2.18. The highest BCUT2D eigenvalue weighted by atomic mass is 16.5. The first-order valence-electron chi connectivity index (χ1n) is 8.68. The first-order valence-corrected chi connectivity index (χ1v) is 8.68. The number of hydrogen-bond acceptors (Lipinski definition) is 4. The van der Waals surface area contributed by atoms with Gasteiger partial charge in [0.2, 0.25) is 0 Å². The summed E-state index contributed by atoms with van der Waals surface area (Å²) < 4.78 is 5.62. The van der Waals surface area contributed by atoms with Crippen molar-refractivity contribution in [2.45, 2.75) is 19.4 Å². The van der Waals surface area contributed by atoms with Gasteiger partial charge in [-0.3, -0.25) is 4.79 Å². The summed E-state index contributed by atoms with van der Waals surface area (Å²) in [6.45, 7) is 2.27. The normalized spacial score (nSPS) is 13.5. The Morgan fingerprint density at radius 3 is 2.50 bits per heavy atom. The minimum atomic E-state index is -0.933. The third-order valence-corrected chi connectivity index (χ3v) is 4.35. The maximum Gasteiger partial charge on any atom is 0.335 e. The van der Waals surface area contributed by atoms with Gasteiger partial charge < -0.3 is 20.1 Å². The molecule has 1 heterocycles. The molecule has 1 fully saturated rings. The lowest BCUT2D eigenvalue weighted by atomic mass is 10.1. The molecule has 26 heavy (non-hydrogen) atoms. The number of carboxylic acid groups (broad SMARTS) is 1. The van der Waals surface area contributed by atoms with Gasteiger partial charge in [-0.2, -0.15) is 0 Å². The molecule has 1 aliphatic rings. The number of hydrogen-bond donors (Lipinski definition) is 2. The number of aromatic carboxylic acids is 1. The van der Waals surface area contributed by atoms with Crippen LogP contribution in [0.15, 0.2) is 48.5 Å². The van der Waals surface area contributed by atoms with Crippen LogP contribution in [0.1, 0.15) is 28.8 Å². The molecule has 2 N–H and O–H groups in total. The topological polar surface area (TPSA) is 78.9 Å². The number of anilines is 1. The van der Waals surface area contributed by atoms with E-state index in [4.69, 9.17) is 9.84 Å². The average Bonchev–Trinajstić information content (AvgIpc) is 3.20. The van der Waals surface area contributed by atoms with Crippen LogP contribution >= 0.6 is 0 Å². The van der Waals surface area contributed by atoms with Crippen molar-refractivity contribution >= 4 is 17.6 Å². The summed E-state index contributed by atoms with van der Waals surface area (Å²) >= 11 is 0. The zero-order valence-electron chi connectivity index (χ0n) is 14.5. The van der Waals surface area contributed by atoms with Crippen molar-refractivity contribution in [2.24, 2.45) is 0 Å². The van der Waals surface area contributed by atoms with E-state index in [0.717, 1.165) is 37.2 Å². The molecule has 1 amide bonds. The van der Waals surface area contributed by atoms with E-state index >= 15 is 0 Å². The minimum Gasteiger partial charge on any atom is -0.484 e. The van der Waals surface area contributed by atoms with Gasteiger partial charge in [-0.05, 0) is 42.7 Å². The number of rotatable bonds is 7. The van der Waals surface area contributed by atoms with Gasteiger partial charge >= 0.3 is 5.97 Å². The average molecular weight is 354 g/mol. The van der Waals surface area contributed by atoms with E-state index in [1.807, 2.05) is 29.2 Å². The van der Waals surface area contributed by atoms with Gasteiger partial charge in [-0.25, -0.2) is 4.79 Å². The van der Waals surface area contributed by atoms with E-state index in [1.54, 1.807) is 24.3 Å². The fraction of sp³-hybridized carbons (Fsp3) is 0.300. The monoisotopic (exact) mass is 354 g/mol. The Morgan fingerprint density at radius 2 is 1.81 bits per heavy atom. The Balaban J connectivity index is 1.51. The molecule has 136 valence electrons. The molecule has 0 saturated carbocycles. The maximum atomic E-state index is 12.0. The van der Waals surface area contributed by atoms with E-state index in [0.29, 0.717) is 12.3 Å². The SMILES string of the molecule is O=C(O)c1ccc(CNc2cccc(OCC(=O)N3CCCC3)c2)cc1. The molecule has 0 aliphatic carbocycles. The van der Waals surface area contributed by atoms with E-state index in [1.165, 1.54) is 0 Å². The van der Waals surface area contributed by atoms with Gasteiger partial charge in [0.1, 0.15) is 5.75 Å². The second-order valence-corrected chi connectivity index (χ2v) is 6.26. The first kappa shape index (κ1) is 17.8. The summed E-state index contributed by atoms with van der Waals surface area (Å²) in [4.78, 5) is 24.7. The lowest BCUT2D eigenvalue weighted by Crippen LogP contribution is -2.32. The third kappa shape index (κ3) is 4.75. The van der Waals surface area contributed by atoms with Crippen molar-refractivity contribution in [3.63, 3.8) is 0 Å². The highest BCUT2D eigenvalue weighted by molar-refractivity contribution is 5.87. The summed E-state index contributed by atoms with van der Waals surface area (Å²) in [5.41, 5.74) is 2.12. The fourth-order valence-corrected chi connectivity index (χ4v) is 2.87. The lowest BCUT2D eigenvalue weighted by Gasteiger charge is -2.16. The Labute approximate surface area is 152 Å². The first-order chi connectivity index (χ1) is 12.6. The van der Waals surface area contributed by atoms with Crippen LogP contribution in [0.2, 0.25) is 0 Å². The molecule has 0 aromatic heterocycles. The highest BCUT2D eigenvalue weighted by Crippen LogP contribution is 2.19. The molecule has 0 unspecified atom stereocenters. The quantitative estimate of drug-likeness (QED) is 0.799. The zero-order valence-corrected chi connectivity index (χ0v) is 14.5. The fourth-order valence-electron chi connectivity index (χ4n) is 2.87. The van der Waals surface area contributed by atoms with Gasteiger partial charge in [-0.1, -0.05) is 18.2 Å². The van der Waals surface area contributed by atoms with Crippen molar-refractivity contribution in [1.29, 1.82) is 0 Å². The van der Waals surface area contributed by atoms with Gasteiger partial charge in [0.15, 0.2) is 6.61 Å². The largest absolute Gasteiger partial charge is 0.484 e. The van der Waals surface area contributed by atoms with Crippen molar-refractivity contribution in [3.05, 3.63) is 59.7 Å². The van der Waals surface area contributed by atoms with E-state index in [-0.39, 0.29) is 18.1 Å². The van der Waals surface area contributed by atoms with Gasteiger partial charge in [-0.15, -0.1) is 0 Å². The molecular formula is C20H22N2O4. The van der Waals surface area contributed by atoms with Crippen molar-refractivity contribution < 1.29 is 19.4 Å². The number of nitrogens with zero attached hydrogens (tertiary/aromatic N) is 1. The molecule has 0 atom stereocenters. The number of carbonyl (C=O) groups is 2. The van der Waals surface area contributed by atoms with Crippen molar-refractivity contribution in [3.8, 4) is 5.75 Å². The summed E-state index contributed by atoms with van der Waals surface area (Å²) in [5.74, 6) is -0.263. The van der Waals surface area contributed by atoms with E-state index < -0.39 is 5.97 Å². The summed E-state index contributed by atoms with van der Waals surface area (Å²) in [6, 6.07) is 14.2. The molecule has 6 heteroatoms. The van der Waals surface area contributed by atoms with Crippen LogP contribution in [0.5, 0.6) is 5.75 Å². The van der Waals surface area contributed by atoms with Crippen LogP contribution in [0.3, 0.4) is 0 Å². The number of benzene rings is 2. The smallest absolute Gasteiger partial charge is 0.335 e. The third-order valence-electron chi connectivity index (χ3n) is 4.35. The van der Waals surface area contributed by atoms with Crippen LogP contribution in [0.4, 0.5) is 5.69 Å².